The molecule has 140 valence electrons. The normalized spacial score (nSPS) is 11.2. The summed E-state index contributed by atoms with van der Waals surface area (Å²) in [6, 6.07) is 12.1. The minimum Gasteiger partial charge on any atom is -0.496 e. The number of sulfonamides is 1. The fraction of sp³-hybridized carbons (Fsp3) is 0.278. The number of aryl methyl sites for hydroxylation is 1. The lowest BCUT2D eigenvalue weighted by Gasteiger charge is -2.08. The number of carbonyl (C=O) groups excluding carboxylic acids is 1. The number of nitrogens with two attached hydrogens (primary N) is 1. The quantitative estimate of drug-likeness (QED) is 0.657. The van der Waals surface area contributed by atoms with Crippen LogP contribution in [0.1, 0.15) is 17.5 Å². The van der Waals surface area contributed by atoms with Crippen LogP contribution in [0.25, 0.3) is 0 Å². The van der Waals surface area contributed by atoms with Gasteiger partial charge in [0.2, 0.25) is 15.9 Å². The van der Waals surface area contributed by atoms with Crippen LogP contribution in [0.3, 0.4) is 0 Å². The zero-order valence-electron chi connectivity index (χ0n) is 14.4. The number of ether oxygens (including phenoxy) is 1. The highest BCUT2D eigenvalue weighted by atomic mass is 79.9. The lowest BCUT2D eigenvalue weighted by Crippen LogP contribution is -2.25. The SMILES string of the molecule is COc1ccc(CCC(=O)NCCc2ccc(S(N)(=O)=O)cc2)cc1Br. The highest BCUT2D eigenvalue weighted by Crippen LogP contribution is 2.25. The third kappa shape index (κ3) is 6.12. The molecule has 0 heterocycles. The Kier molecular flexibility index (Phi) is 7.19. The van der Waals surface area contributed by atoms with Gasteiger partial charge < -0.3 is 10.1 Å². The van der Waals surface area contributed by atoms with Crippen molar-refractivity contribution in [1.29, 1.82) is 0 Å². The topological polar surface area (TPSA) is 98.5 Å². The maximum atomic E-state index is 12.0. The average Bonchev–Trinajstić information content (AvgIpc) is 2.60. The Morgan fingerprint density at radius 2 is 1.77 bits per heavy atom. The molecule has 3 N–H and O–H groups in total. The first-order chi connectivity index (χ1) is 12.3. The zero-order valence-corrected chi connectivity index (χ0v) is 16.8. The van der Waals surface area contributed by atoms with Gasteiger partial charge in [-0.2, -0.15) is 0 Å². The summed E-state index contributed by atoms with van der Waals surface area (Å²) in [5.74, 6) is 0.727. The van der Waals surface area contributed by atoms with Gasteiger partial charge >= 0.3 is 0 Å². The van der Waals surface area contributed by atoms with Crippen molar-refractivity contribution in [3.05, 3.63) is 58.1 Å². The third-order valence-corrected chi connectivity index (χ3v) is 5.39. The molecule has 0 aliphatic carbocycles. The van der Waals surface area contributed by atoms with Gasteiger partial charge in [0.15, 0.2) is 0 Å². The van der Waals surface area contributed by atoms with E-state index >= 15 is 0 Å². The number of hydrogen-bond acceptors (Lipinski definition) is 4. The predicted octanol–water partition coefficient (Wildman–Crippen LogP) is 2.40. The summed E-state index contributed by atoms with van der Waals surface area (Å²) in [7, 11) is -2.07. The first-order valence-corrected chi connectivity index (χ1v) is 10.3. The third-order valence-electron chi connectivity index (χ3n) is 3.84. The van der Waals surface area contributed by atoms with Crippen molar-refractivity contribution in [2.45, 2.75) is 24.2 Å². The average molecular weight is 441 g/mol. The van der Waals surface area contributed by atoms with E-state index in [1.54, 1.807) is 19.2 Å². The molecule has 0 atom stereocenters. The van der Waals surface area contributed by atoms with Crippen molar-refractivity contribution < 1.29 is 17.9 Å². The van der Waals surface area contributed by atoms with E-state index in [-0.39, 0.29) is 10.8 Å². The van der Waals surface area contributed by atoms with E-state index in [1.807, 2.05) is 18.2 Å². The largest absolute Gasteiger partial charge is 0.496 e. The molecule has 2 aromatic rings. The van der Waals surface area contributed by atoms with Gasteiger partial charge in [0.05, 0.1) is 16.5 Å². The lowest BCUT2D eigenvalue weighted by molar-refractivity contribution is -0.121. The molecule has 6 nitrogen and oxygen atoms in total. The Bertz CT molecular complexity index is 867. The first kappa shape index (κ1) is 20.4. The van der Waals surface area contributed by atoms with E-state index in [0.717, 1.165) is 21.3 Å². The molecule has 0 unspecified atom stereocenters. The number of halogens is 1. The van der Waals surface area contributed by atoms with Crippen LogP contribution in [0.2, 0.25) is 0 Å². The molecular formula is C18H21BrN2O4S. The van der Waals surface area contributed by atoms with Crippen molar-refractivity contribution in [1.82, 2.24) is 5.32 Å². The van der Waals surface area contributed by atoms with Gasteiger partial charge in [-0.3, -0.25) is 4.79 Å². The van der Waals surface area contributed by atoms with Crippen LogP contribution in [-0.2, 0) is 27.7 Å². The Morgan fingerprint density at radius 3 is 2.35 bits per heavy atom. The second kappa shape index (κ2) is 9.16. The van der Waals surface area contributed by atoms with Crippen LogP contribution >= 0.6 is 15.9 Å². The van der Waals surface area contributed by atoms with Crippen molar-refractivity contribution in [2.75, 3.05) is 13.7 Å². The number of nitrogens with one attached hydrogen (secondary N) is 1. The first-order valence-electron chi connectivity index (χ1n) is 8.00. The van der Waals surface area contributed by atoms with Crippen molar-refractivity contribution in [3.63, 3.8) is 0 Å². The zero-order chi connectivity index (χ0) is 19.2. The Hall–Kier alpha value is -1.90. The number of primary sulfonamides is 1. The van der Waals surface area contributed by atoms with Crippen LogP contribution in [0, 0.1) is 0 Å². The van der Waals surface area contributed by atoms with E-state index in [0.29, 0.717) is 25.8 Å². The molecular weight excluding hydrogens is 420 g/mol. The summed E-state index contributed by atoms with van der Waals surface area (Å²) in [6.45, 7) is 0.486. The fourth-order valence-electron chi connectivity index (χ4n) is 2.40. The molecule has 0 aliphatic heterocycles. The molecule has 0 saturated carbocycles. The molecule has 0 aliphatic rings. The minimum absolute atomic E-state index is 0.0295. The molecule has 0 radical (unpaired) electrons. The lowest BCUT2D eigenvalue weighted by atomic mass is 10.1. The second-order valence-corrected chi connectivity index (χ2v) is 8.17. The summed E-state index contributed by atoms with van der Waals surface area (Å²) in [4.78, 5) is 12.0. The maximum Gasteiger partial charge on any atom is 0.238 e. The summed E-state index contributed by atoms with van der Waals surface area (Å²) in [6.07, 6.45) is 1.64. The molecule has 0 aromatic heterocycles. The van der Waals surface area contributed by atoms with E-state index < -0.39 is 10.0 Å². The van der Waals surface area contributed by atoms with Gasteiger partial charge in [0.25, 0.3) is 0 Å². The highest BCUT2D eigenvalue weighted by molar-refractivity contribution is 9.10. The van der Waals surface area contributed by atoms with Gasteiger partial charge in [0, 0.05) is 13.0 Å². The van der Waals surface area contributed by atoms with Crippen LogP contribution in [-0.4, -0.2) is 28.0 Å². The van der Waals surface area contributed by atoms with Gasteiger partial charge in [-0.1, -0.05) is 18.2 Å². The molecule has 0 bridgehead atoms. The number of hydrogen-bond donors (Lipinski definition) is 2. The fourth-order valence-corrected chi connectivity index (χ4v) is 3.51. The Balaban J connectivity index is 1.76. The van der Waals surface area contributed by atoms with Crippen LogP contribution < -0.4 is 15.2 Å². The van der Waals surface area contributed by atoms with Gasteiger partial charge in [0.1, 0.15) is 5.75 Å². The predicted molar refractivity (Wildman–Crippen MR) is 104 cm³/mol. The minimum atomic E-state index is -3.68. The Morgan fingerprint density at radius 1 is 1.12 bits per heavy atom. The Labute approximate surface area is 161 Å². The number of rotatable bonds is 8. The highest BCUT2D eigenvalue weighted by Gasteiger charge is 2.07. The monoisotopic (exact) mass is 440 g/mol. The number of benzene rings is 2. The molecule has 1 amide bonds. The molecule has 0 spiro atoms. The summed E-state index contributed by atoms with van der Waals surface area (Å²) >= 11 is 3.43. The van der Waals surface area contributed by atoms with Crippen LogP contribution in [0.15, 0.2) is 51.8 Å². The number of amides is 1. The van der Waals surface area contributed by atoms with Gasteiger partial charge in [-0.15, -0.1) is 0 Å². The molecule has 0 fully saturated rings. The second-order valence-electron chi connectivity index (χ2n) is 5.76. The smallest absolute Gasteiger partial charge is 0.238 e. The van der Waals surface area contributed by atoms with Crippen molar-refractivity contribution >= 4 is 31.9 Å². The van der Waals surface area contributed by atoms with Crippen molar-refractivity contribution in [2.24, 2.45) is 5.14 Å². The van der Waals surface area contributed by atoms with E-state index in [1.165, 1.54) is 12.1 Å². The van der Waals surface area contributed by atoms with E-state index in [4.69, 9.17) is 9.88 Å². The molecule has 8 heteroatoms. The van der Waals surface area contributed by atoms with Gasteiger partial charge in [-0.25, -0.2) is 13.6 Å². The standard InChI is InChI=1S/C18H21BrN2O4S/c1-25-17-8-4-14(12-16(17)19)5-9-18(22)21-11-10-13-2-6-15(7-3-13)26(20,23)24/h2-4,6-8,12H,5,9-11H2,1H3,(H,21,22)(H2,20,23,24). The van der Waals surface area contributed by atoms with Gasteiger partial charge in [-0.05, 0) is 64.2 Å². The van der Waals surface area contributed by atoms with E-state index in [9.17, 15) is 13.2 Å². The molecule has 2 aromatic carbocycles. The summed E-state index contributed by atoms with van der Waals surface area (Å²) in [5, 5.41) is 7.92. The van der Waals surface area contributed by atoms with Crippen LogP contribution in [0.4, 0.5) is 0 Å². The molecule has 0 saturated heterocycles. The maximum absolute atomic E-state index is 12.0. The molecule has 2 rings (SSSR count). The van der Waals surface area contributed by atoms with E-state index in [2.05, 4.69) is 21.2 Å². The van der Waals surface area contributed by atoms with Crippen LogP contribution in [0.5, 0.6) is 5.75 Å². The summed E-state index contributed by atoms with van der Waals surface area (Å²) < 4.78 is 28.5. The number of methoxy groups -OCH3 is 1. The molecule has 26 heavy (non-hydrogen) atoms. The summed E-state index contributed by atoms with van der Waals surface area (Å²) in [5.41, 5.74) is 1.98. The number of carbonyl (C=O) groups is 1. The van der Waals surface area contributed by atoms with Crippen molar-refractivity contribution in [3.8, 4) is 5.75 Å².